The van der Waals surface area contributed by atoms with Crippen LogP contribution in [0.4, 0.5) is 0 Å². The van der Waals surface area contributed by atoms with Gasteiger partial charge in [0.05, 0.1) is 10.6 Å². The summed E-state index contributed by atoms with van der Waals surface area (Å²) in [6.07, 6.45) is 4.77. The summed E-state index contributed by atoms with van der Waals surface area (Å²) in [4.78, 5) is 8.16. The summed E-state index contributed by atoms with van der Waals surface area (Å²) >= 11 is 5.20. The molecule has 0 amide bonds. The third-order valence-corrected chi connectivity index (χ3v) is 4.52. The van der Waals surface area contributed by atoms with E-state index in [9.17, 15) is 0 Å². The molecule has 1 fully saturated rings. The van der Waals surface area contributed by atoms with E-state index in [0.29, 0.717) is 11.4 Å². The molecule has 76 valence electrons. The number of hydrogen-bond acceptors (Lipinski definition) is 4. The molecule has 1 saturated heterocycles. The van der Waals surface area contributed by atoms with Crippen LogP contribution in [0, 0.1) is 0 Å². The van der Waals surface area contributed by atoms with Crippen LogP contribution in [-0.4, -0.2) is 27.9 Å². The number of halogens is 1. The molecule has 0 saturated carbocycles. The van der Waals surface area contributed by atoms with Gasteiger partial charge in [-0.1, -0.05) is 11.8 Å². The normalized spacial score (nSPS) is 26.7. The zero-order chi connectivity index (χ0) is 9.97. The number of ether oxygens (including phenoxy) is 1. The Labute approximate surface area is 95.8 Å². The number of rotatable bonds is 2. The van der Waals surface area contributed by atoms with Gasteiger partial charge in [-0.2, -0.15) is 0 Å². The third-order valence-electron chi connectivity index (χ3n) is 2.20. The minimum Gasteiger partial charge on any atom is -0.377 e. The van der Waals surface area contributed by atoms with Crippen molar-refractivity contribution in [3.8, 4) is 0 Å². The molecule has 0 spiro atoms. The quantitative estimate of drug-likeness (QED) is 0.777. The maximum Gasteiger partial charge on any atom is 0.116 e. The fraction of sp³-hybridized carbons (Fsp3) is 0.556. The minimum atomic E-state index is 0.321. The highest BCUT2D eigenvalue weighted by Crippen LogP contribution is 2.34. The standard InChI is InChI=1S/C9H11BrN2OS/c1-6-8(2-3-13-6)14-9-7(10)4-11-5-12-9/h4-6,8H,2-3H2,1H3. The Kier molecular flexibility index (Phi) is 3.41. The van der Waals surface area contributed by atoms with Crippen LogP contribution in [0.1, 0.15) is 13.3 Å². The Hall–Kier alpha value is -0.130. The Morgan fingerprint density at radius 2 is 2.50 bits per heavy atom. The van der Waals surface area contributed by atoms with Gasteiger partial charge in [0.25, 0.3) is 0 Å². The largest absolute Gasteiger partial charge is 0.377 e. The molecule has 2 heterocycles. The minimum absolute atomic E-state index is 0.321. The highest BCUT2D eigenvalue weighted by molar-refractivity contribution is 9.10. The molecular formula is C9H11BrN2OS. The van der Waals surface area contributed by atoms with Gasteiger partial charge < -0.3 is 4.74 Å². The maximum atomic E-state index is 5.50. The zero-order valence-electron chi connectivity index (χ0n) is 7.81. The summed E-state index contributed by atoms with van der Waals surface area (Å²) in [5, 5.41) is 1.52. The van der Waals surface area contributed by atoms with Gasteiger partial charge in [-0.15, -0.1) is 0 Å². The van der Waals surface area contributed by atoms with Gasteiger partial charge in [0.1, 0.15) is 11.4 Å². The number of nitrogens with zero attached hydrogens (tertiary/aromatic N) is 2. The summed E-state index contributed by atoms with van der Waals surface area (Å²) in [6.45, 7) is 2.97. The van der Waals surface area contributed by atoms with Crippen LogP contribution in [-0.2, 0) is 4.74 Å². The van der Waals surface area contributed by atoms with E-state index < -0.39 is 0 Å². The van der Waals surface area contributed by atoms with Crippen molar-refractivity contribution in [3.05, 3.63) is 17.0 Å². The van der Waals surface area contributed by atoms with Crippen LogP contribution >= 0.6 is 27.7 Å². The van der Waals surface area contributed by atoms with Crippen molar-refractivity contribution in [1.82, 2.24) is 9.97 Å². The molecule has 2 unspecified atom stereocenters. The molecule has 0 aromatic carbocycles. The first-order chi connectivity index (χ1) is 6.77. The molecule has 3 nitrogen and oxygen atoms in total. The van der Waals surface area contributed by atoms with Crippen LogP contribution in [0.15, 0.2) is 22.0 Å². The first kappa shape index (κ1) is 10.4. The van der Waals surface area contributed by atoms with E-state index in [1.54, 1.807) is 24.3 Å². The number of hydrogen-bond donors (Lipinski definition) is 0. The lowest BCUT2D eigenvalue weighted by Gasteiger charge is -2.12. The Morgan fingerprint density at radius 1 is 1.64 bits per heavy atom. The van der Waals surface area contributed by atoms with Crippen LogP contribution < -0.4 is 0 Å². The number of thioether (sulfide) groups is 1. The first-order valence-electron chi connectivity index (χ1n) is 4.51. The molecule has 14 heavy (non-hydrogen) atoms. The van der Waals surface area contributed by atoms with E-state index in [0.717, 1.165) is 22.5 Å². The molecule has 0 bridgehead atoms. The SMILES string of the molecule is CC1OCCC1Sc1ncncc1Br. The predicted octanol–water partition coefficient (Wildman–Crippen LogP) is 2.51. The highest BCUT2D eigenvalue weighted by atomic mass is 79.9. The zero-order valence-corrected chi connectivity index (χ0v) is 10.2. The van der Waals surface area contributed by atoms with E-state index in [1.165, 1.54) is 0 Å². The van der Waals surface area contributed by atoms with Gasteiger partial charge in [0.2, 0.25) is 0 Å². The molecule has 2 rings (SSSR count). The Morgan fingerprint density at radius 3 is 3.14 bits per heavy atom. The molecule has 1 aromatic rings. The first-order valence-corrected chi connectivity index (χ1v) is 6.18. The molecule has 1 aromatic heterocycles. The van der Waals surface area contributed by atoms with Gasteiger partial charge in [-0.25, -0.2) is 9.97 Å². The van der Waals surface area contributed by atoms with Crippen LogP contribution in [0.25, 0.3) is 0 Å². The van der Waals surface area contributed by atoms with E-state index >= 15 is 0 Å². The summed E-state index contributed by atoms with van der Waals surface area (Å²) in [6, 6.07) is 0. The van der Waals surface area contributed by atoms with Crippen molar-refractivity contribution >= 4 is 27.7 Å². The molecule has 2 atom stereocenters. The second-order valence-corrected chi connectivity index (χ2v) is 5.28. The second kappa shape index (κ2) is 4.59. The van der Waals surface area contributed by atoms with Crippen molar-refractivity contribution in [3.63, 3.8) is 0 Å². The van der Waals surface area contributed by atoms with Crippen molar-refractivity contribution in [1.29, 1.82) is 0 Å². The van der Waals surface area contributed by atoms with Gasteiger partial charge >= 0.3 is 0 Å². The predicted molar refractivity (Wildman–Crippen MR) is 59.4 cm³/mol. The lowest BCUT2D eigenvalue weighted by atomic mass is 10.3. The second-order valence-electron chi connectivity index (χ2n) is 3.20. The van der Waals surface area contributed by atoms with E-state index in [4.69, 9.17) is 4.74 Å². The fourth-order valence-corrected chi connectivity index (χ4v) is 2.94. The topological polar surface area (TPSA) is 35.0 Å². The van der Waals surface area contributed by atoms with Crippen LogP contribution in [0.5, 0.6) is 0 Å². The molecular weight excluding hydrogens is 264 g/mol. The molecule has 5 heteroatoms. The molecule has 0 N–H and O–H groups in total. The average molecular weight is 275 g/mol. The van der Waals surface area contributed by atoms with Crippen LogP contribution in [0.3, 0.4) is 0 Å². The smallest absolute Gasteiger partial charge is 0.116 e. The van der Waals surface area contributed by atoms with Crippen molar-refractivity contribution in [2.75, 3.05) is 6.61 Å². The molecule has 0 radical (unpaired) electrons. The van der Waals surface area contributed by atoms with E-state index in [-0.39, 0.29) is 0 Å². The lowest BCUT2D eigenvalue weighted by molar-refractivity contribution is 0.127. The van der Waals surface area contributed by atoms with Gasteiger partial charge in [-0.3, -0.25) is 0 Å². The average Bonchev–Trinajstić information content (AvgIpc) is 2.56. The Bertz CT molecular complexity index is 323. The summed E-state index contributed by atoms with van der Waals surface area (Å²) in [7, 11) is 0. The van der Waals surface area contributed by atoms with Gasteiger partial charge in [0, 0.05) is 18.1 Å². The maximum absolute atomic E-state index is 5.50. The summed E-state index contributed by atoms with van der Waals surface area (Å²) < 4.78 is 6.46. The third kappa shape index (κ3) is 2.27. The highest BCUT2D eigenvalue weighted by Gasteiger charge is 2.26. The van der Waals surface area contributed by atoms with Gasteiger partial charge in [-0.05, 0) is 29.3 Å². The molecule has 0 aliphatic carbocycles. The number of aromatic nitrogens is 2. The van der Waals surface area contributed by atoms with E-state index in [2.05, 4.69) is 32.8 Å². The summed E-state index contributed by atoms with van der Waals surface area (Å²) in [5.41, 5.74) is 0. The van der Waals surface area contributed by atoms with Crippen molar-refractivity contribution in [2.24, 2.45) is 0 Å². The summed E-state index contributed by atoms with van der Waals surface area (Å²) in [5.74, 6) is 0. The van der Waals surface area contributed by atoms with Crippen LogP contribution in [0.2, 0.25) is 0 Å². The van der Waals surface area contributed by atoms with Crippen molar-refractivity contribution < 1.29 is 4.74 Å². The monoisotopic (exact) mass is 274 g/mol. The lowest BCUT2D eigenvalue weighted by Crippen LogP contribution is -2.13. The molecule has 1 aliphatic rings. The van der Waals surface area contributed by atoms with Gasteiger partial charge in [0.15, 0.2) is 0 Å². The van der Waals surface area contributed by atoms with Crippen molar-refractivity contribution in [2.45, 2.75) is 29.7 Å². The molecule has 1 aliphatic heterocycles. The Balaban J connectivity index is 2.07. The fourth-order valence-electron chi connectivity index (χ4n) is 1.40. The van der Waals surface area contributed by atoms with E-state index in [1.807, 2.05) is 0 Å².